The number of carbonyl (C=O) groups excluding carboxylic acids is 1. The zero-order chi connectivity index (χ0) is 23.6. The highest BCUT2D eigenvalue weighted by Gasteiger charge is 2.27. The number of sulfonamides is 1. The van der Waals surface area contributed by atoms with Gasteiger partial charge in [-0.25, -0.2) is 13.4 Å². The second kappa shape index (κ2) is 9.99. The van der Waals surface area contributed by atoms with E-state index >= 15 is 0 Å². The van der Waals surface area contributed by atoms with Gasteiger partial charge in [0.2, 0.25) is 10.0 Å². The summed E-state index contributed by atoms with van der Waals surface area (Å²) in [5.74, 6) is -0.0264. The quantitative estimate of drug-likeness (QED) is 0.451. The Morgan fingerprint density at radius 1 is 1.15 bits per heavy atom. The zero-order valence-electron chi connectivity index (χ0n) is 17.6. The van der Waals surface area contributed by atoms with Crippen LogP contribution in [0.25, 0.3) is 11.3 Å². The SMILES string of the molecule is CC(Oc1ccc(Cl)cc1Cl)C(=O)Nc1nc(-c2ccc(S(=O)(=O)N3CCCC3)cc2)cs1. The van der Waals surface area contributed by atoms with Crippen LogP contribution in [0.3, 0.4) is 0 Å². The molecular weight excluding hydrogens is 505 g/mol. The molecule has 3 aromatic rings. The number of rotatable bonds is 7. The number of hydrogen-bond donors (Lipinski definition) is 1. The maximum atomic E-state index is 12.7. The van der Waals surface area contributed by atoms with E-state index < -0.39 is 16.1 Å². The van der Waals surface area contributed by atoms with Gasteiger partial charge in [0, 0.05) is 29.1 Å². The average molecular weight is 526 g/mol. The van der Waals surface area contributed by atoms with E-state index in [1.54, 1.807) is 48.7 Å². The number of nitrogens with one attached hydrogen (secondary N) is 1. The fourth-order valence-electron chi connectivity index (χ4n) is 3.36. The lowest BCUT2D eigenvalue weighted by Crippen LogP contribution is -2.30. The third-order valence-corrected chi connectivity index (χ3v) is 8.36. The second-order valence-electron chi connectivity index (χ2n) is 7.50. The van der Waals surface area contributed by atoms with E-state index in [2.05, 4.69) is 10.3 Å². The third kappa shape index (κ3) is 5.50. The maximum absolute atomic E-state index is 12.7. The number of hydrogen-bond acceptors (Lipinski definition) is 6. The van der Waals surface area contributed by atoms with Gasteiger partial charge in [-0.1, -0.05) is 35.3 Å². The van der Waals surface area contributed by atoms with Crippen molar-refractivity contribution in [1.29, 1.82) is 0 Å². The van der Waals surface area contributed by atoms with E-state index in [1.165, 1.54) is 21.7 Å². The van der Waals surface area contributed by atoms with Crippen LogP contribution in [0.4, 0.5) is 5.13 Å². The summed E-state index contributed by atoms with van der Waals surface area (Å²) >= 11 is 13.2. The molecule has 0 radical (unpaired) electrons. The first-order valence-electron chi connectivity index (χ1n) is 10.2. The van der Waals surface area contributed by atoms with Crippen LogP contribution in [0.2, 0.25) is 10.0 Å². The molecule has 1 aliphatic heterocycles. The van der Waals surface area contributed by atoms with Crippen LogP contribution >= 0.6 is 34.5 Å². The summed E-state index contributed by atoms with van der Waals surface area (Å²) in [7, 11) is -3.46. The van der Waals surface area contributed by atoms with Gasteiger partial charge in [0.15, 0.2) is 11.2 Å². The topological polar surface area (TPSA) is 88.6 Å². The van der Waals surface area contributed by atoms with Crippen molar-refractivity contribution in [2.45, 2.75) is 30.8 Å². The van der Waals surface area contributed by atoms with Gasteiger partial charge in [-0.05, 0) is 50.1 Å². The highest BCUT2D eigenvalue weighted by Crippen LogP contribution is 2.30. The van der Waals surface area contributed by atoms with Gasteiger partial charge < -0.3 is 4.74 Å². The summed E-state index contributed by atoms with van der Waals surface area (Å²) in [5.41, 5.74) is 1.39. The highest BCUT2D eigenvalue weighted by molar-refractivity contribution is 7.89. The minimum Gasteiger partial charge on any atom is -0.479 e. The van der Waals surface area contributed by atoms with Gasteiger partial charge in [-0.15, -0.1) is 11.3 Å². The normalized spacial score (nSPS) is 15.4. The number of nitrogens with zero attached hydrogens (tertiary/aromatic N) is 2. The second-order valence-corrected chi connectivity index (χ2v) is 11.1. The monoisotopic (exact) mass is 525 g/mol. The molecule has 1 unspecified atom stereocenters. The number of halogens is 2. The van der Waals surface area contributed by atoms with E-state index in [-0.39, 0.29) is 10.8 Å². The molecular formula is C22H21Cl2N3O4S2. The molecule has 2 aromatic carbocycles. The van der Waals surface area contributed by atoms with Crippen LogP contribution < -0.4 is 10.1 Å². The Labute approximate surface area is 206 Å². The van der Waals surface area contributed by atoms with E-state index in [0.717, 1.165) is 18.4 Å². The molecule has 2 heterocycles. The molecule has 0 saturated carbocycles. The number of ether oxygens (including phenoxy) is 1. The van der Waals surface area contributed by atoms with Crippen molar-refractivity contribution in [3.8, 4) is 17.0 Å². The highest BCUT2D eigenvalue weighted by atomic mass is 35.5. The van der Waals surface area contributed by atoms with Gasteiger partial charge in [-0.2, -0.15) is 4.31 Å². The first-order chi connectivity index (χ1) is 15.7. The Bertz CT molecular complexity index is 1260. The lowest BCUT2D eigenvalue weighted by Gasteiger charge is -2.15. The smallest absolute Gasteiger partial charge is 0.266 e. The molecule has 33 heavy (non-hydrogen) atoms. The Kier molecular flexibility index (Phi) is 7.25. The van der Waals surface area contributed by atoms with Gasteiger partial charge in [0.05, 0.1) is 15.6 Å². The first-order valence-corrected chi connectivity index (χ1v) is 13.3. The number of thiazole rings is 1. The summed E-state index contributed by atoms with van der Waals surface area (Å²) < 4.78 is 32.5. The molecule has 7 nitrogen and oxygen atoms in total. The van der Waals surface area contributed by atoms with Crippen molar-refractivity contribution in [3.63, 3.8) is 0 Å². The number of anilines is 1. The van der Waals surface area contributed by atoms with Crippen molar-refractivity contribution in [1.82, 2.24) is 9.29 Å². The van der Waals surface area contributed by atoms with Crippen LogP contribution in [-0.2, 0) is 14.8 Å². The summed E-state index contributed by atoms with van der Waals surface area (Å²) in [4.78, 5) is 17.2. The molecule has 1 atom stereocenters. The van der Waals surface area contributed by atoms with Crippen molar-refractivity contribution in [2.75, 3.05) is 18.4 Å². The molecule has 0 spiro atoms. The Hall–Kier alpha value is -2.17. The number of aromatic nitrogens is 1. The predicted molar refractivity (Wildman–Crippen MR) is 131 cm³/mol. The number of carbonyl (C=O) groups is 1. The standard InChI is InChI=1S/C22H21Cl2N3O4S2/c1-14(31-20-9-6-16(23)12-18(20)24)21(28)26-22-25-19(13-32-22)15-4-7-17(8-5-15)33(29,30)27-10-2-3-11-27/h4-9,12-14H,2-3,10-11H2,1H3,(H,25,26,28). The van der Waals surface area contributed by atoms with E-state index in [4.69, 9.17) is 27.9 Å². The van der Waals surface area contributed by atoms with Crippen LogP contribution in [0.1, 0.15) is 19.8 Å². The largest absolute Gasteiger partial charge is 0.479 e. The fourth-order valence-corrected chi connectivity index (χ4v) is 6.05. The van der Waals surface area contributed by atoms with Crippen LogP contribution in [0, 0.1) is 0 Å². The van der Waals surface area contributed by atoms with Gasteiger partial charge in [-0.3, -0.25) is 10.1 Å². The van der Waals surface area contributed by atoms with E-state index in [9.17, 15) is 13.2 Å². The van der Waals surface area contributed by atoms with E-state index in [0.29, 0.717) is 39.7 Å². The molecule has 1 amide bonds. The van der Waals surface area contributed by atoms with Crippen molar-refractivity contribution >= 4 is 55.6 Å². The molecule has 1 N–H and O–H groups in total. The summed E-state index contributed by atoms with van der Waals surface area (Å²) in [5, 5.41) is 5.71. The number of benzene rings is 2. The molecule has 1 fully saturated rings. The Morgan fingerprint density at radius 3 is 2.52 bits per heavy atom. The van der Waals surface area contributed by atoms with Crippen molar-refractivity contribution in [3.05, 3.63) is 57.9 Å². The molecule has 4 rings (SSSR count). The van der Waals surface area contributed by atoms with Gasteiger partial charge >= 0.3 is 0 Å². The lowest BCUT2D eigenvalue weighted by molar-refractivity contribution is -0.122. The Morgan fingerprint density at radius 2 is 1.85 bits per heavy atom. The summed E-state index contributed by atoms with van der Waals surface area (Å²) in [6, 6.07) is 11.4. The minimum absolute atomic E-state index is 0.267. The van der Waals surface area contributed by atoms with Gasteiger partial charge in [0.25, 0.3) is 5.91 Å². The van der Waals surface area contributed by atoms with Crippen LogP contribution in [0.15, 0.2) is 52.7 Å². The first kappa shape index (κ1) is 24.0. The van der Waals surface area contributed by atoms with Crippen molar-refractivity contribution < 1.29 is 17.9 Å². The predicted octanol–water partition coefficient (Wildman–Crippen LogP) is 5.31. The fraction of sp³-hybridized carbons (Fsp3) is 0.273. The van der Waals surface area contributed by atoms with Gasteiger partial charge in [0.1, 0.15) is 5.75 Å². The van der Waals surface area contributed by atoms with Crippen LogP contribution in [-0.4, -0.2) is 42.8 Å². The maximum Gasteiger partial charge on any atom is 0.266 e. The molecule has 11 heteroatoms. The molecule has 1 aliphatic rings. The molecule has 1 saturated heterocycles. The zero-order valence-corrected chi connectivity index (χ0v) is 20.8. The summed E-state index contributed by atoms with van der Waals surface area (Å²) in [6.07, 6.45) is 0.966. The Balaban J connectivity index is 1.40. The molecule has 1 aromatic heterocycles. The molecule has 0 aliphatic carbocycles. The summed E-state index contributed by atoms with van der Waals surface area (Å²) in [6.45, 7) is 2.73. The molecule has 0 bridgehead atoms. The number of amides is 1. The van der Waals surface area contributed by atoms with Crippen molar-refractivity contribution in [2.24, 2.45) is 0 Å². The lowest BCUT2D eigenvalue weighted by atomic mass is 10.2. The van der Waals surface area contributed by atoms with Crippen LogP contribution in [0.5, 0.6) is 5.75 Å². The minimum atomic E-state index is -3.46. The molecule has 174 valence electrons. The third-order valence-electron chi connectivity index (χ3n) is 5.15. The van der Waals surface area contributed by atoms with E-state index in [1.807, 2.05) is 0 Å². The average Bonchev–Trinajstić information content (AvgIpc) is 3.48.